The molecule has 0 heterocycles. The summed E-state index contributed by atoms with van der Waals surface area (Å²) in [7, 11) is 0. The zero-order chi connectivity index (χ0) is 13.0. The monoisotopic (exact) mass is 277 g/mol. The second-order valence-electron chi connectivity index (χ2n) is 4.61. The molecule has 2 atom stereocenters. The van der Waals surface area contributed by atoms with Crippen molar-refractivity contribution in [3.8, 4) is 0 Å². The van der Waals surface area contributed by atoms with Crippen LogP contribution in [-0.2, 0) is 6.42 Å². The van der Waals surface area contributed by atoms with E-state index in [2.05, 4.69) is 0 Å². The molecule has 0 saturated carbocycles. The van der Waals surface area contributed by atoms with Crippen LogP contribution in [0.5, 0.6) is 0 Å². The molecule has 0 amide bonds. The van der Waals surface area contributed by atoms with Gasteiger partial charge in [0.25, 0.3) is 0 Å². The highest BCUT2D eigenvalue weighted by Gasteiger charge is 2.23. The Morgan fingerprint density at radius 3 is 2.35 bits per heavy atom. The van der Waals surface area contributed by atoms with Crippen molar-refractivity contribution in [3.05, 3.63) is 33.8 Å². The van der Waals surface area contributed by atoms with Crippen molar-refractivity contribution >= 4 is 23.2 Å². The van der Waals surface area contributed by atoms with E-state index >= 15 is 0 Å². The van der Waals surface area contributed by atoms with Crippen LogP contribution in [0.2, 0.25) is 10.0 Å². The summed E-state index contributed by atoms with van der Waals surface area (Å²) >= 11 is 11.7. The molecule has 1 rings (SSSR count). The molecule has 0 aliphatic rings. The third kappa shape index (κ3) is 4.13. The SMILES string of the molecule is CC(C)C(CN)C(F)Cc1ccc(Cl)c(Cl)c1. The van der Waals surface area contributed by atoms with Crippen molar-refractivity contribution in [3.63, 3.8) is 0 Å². The molecule has 0 radical (unpaired) electrons. The van der Waals surface area contributed by atoms with E-state index in [4.69, 9.17) is 28.9 Å². The highest BCUT2D eigenvalue weighted by atomic mass is 35.5. The van der Waals surface area contributed by atoms with Crippen LogP contribution in [0.4, 0.5) is 4.39 Å². The Bertz CT molecular complexity index is 368. The summed E-state index contributed by atoms with van der Waals surface area (Å²) in [6, 6.07) is 5.21. The second kappa shape index (κ2) is 6.58. The lowest BCUT2D eigenvalue weighted by atomic mass is 9.88. The van der Waals surface area contributed by atoms with E-state index in [1.807, 2.05) is 13.8 Å². The molecular formula is C13H18Cl2FN. The van der Waals surface area contributed by atoms with Crippen LogP contribution in [0.15, 0.2) is 18.2 Å². The van der Waals surface area contributed by atoms with E-state index in [0.717, 1.165) is 5.56 Å². The second-order valence-corrected chi connectivity index (χ2v) is 5.43. The third-order valence-corrected chi connectivity index (χ3v) is 3.75. The van der Waals surface area contributed by atoms with E-state index in [1.54, 1.807) is 18.2 Å². The number of hydrogen-bond donors (Lipinski definition) is 1. The summed E-state index contributed by atoms with van der Waals surface area (Å²) in [5, 5.41) is 0.954. The maximum absolute atomic E-state index is 14.1. The van der Waals surface area contributed by atoms with Crippen LogP contribution < -0.4 is 5.73 Å². The van der Waals surface area contributed by atoms with Gasteiger partial charge in [-0.2, -0.15) is 0 Å². The molecule has 0 aliphatic heterocycles. The van der Waals surface area contributed by atoms with Crippen molar-refractivity contribution in [2.24, 2.45) is 17.6 Å². The summed E-state index contributed by atoms with van der Waals surface area (Å²) in [4.78, 5) is 0. The molecule has 0 bridgehead atoms. The maximum atomic E-state index is 14.1. The van der Waals surface area contributed by atoms with Crippen LogP contribution in [0, 0.1) is 11.8 Å². The van der Waals surface area contributed by atoms with Crippen LogP contribution in [0.3, 0.4) is 0 Å². The number of benzene rings is 1. The third-order valence-electron chi connectivity index (χ3n) is 3.01. The van der Waals surface area contributed by atoms with Crippen LogP contribution in [0.1, 0.15) is 19.4 Å². The Kier molecular flexibility index (Phi) is 5.71. The highest BCUT2D eigenvalue weighted by molar-refractivity contribution is 6.42. The number of alkyl halides is 1. The van der Waals surface area contributed by atoms with E-state index in [1.165, 1.54) is 0 Å². The quantitative estimate of drug-likeness (QED) is 0.862. The lowest BCUT2D eigenvalue weighted by Gasteiger charge is -2.23. The first-order valence-corrected chi connectivity index (χ1v) is 6.49. The first kappa shape index (κ1) is 14.7. The van der Waals surface area contributed by atoms with E-state index < -0.39 is 6.17 Å². The zero-order valence-corrected chi connectivity index (χ0v) is 11.6. The minimum Gasteiger partial charge on any atom is -0.330 e. The molecule has 1 aromatic rings. The molecule has 2 N–H and O–H groups in total. The van der Waals surface area contributed by atoms with Crippen molar-refractivity contribution < 1.29 is 4.39 Å². The van der Waals surface area contributed by atoms with Gasteiger partial charge in [-0.3, -0.25) is 0 Å². The van der Waals surface area contributed by atoms with Crippen LogP contribution in [-0.4, -0.2) is 12.7 Å². The van der Waals surface area contributed by atoms with Gasteiger partial charge in [0.2, 0.25) is 0 Å². The number of rotatable bonds is 5. The molecule has 1 nitrogen and oxygen atoms in total. The van der Waals surface area contributed by atoms with Gasteiger partial charge in [-0.15, -0.1) is 0 Å². The summed E-state index contributed by atoms with van der Waals surface area (Å²) in [5.41, 5.74) is 6.45. The summed E-state index contributed by atoms with van der Waals surface area (Å²) < 4.78 is 14.1. The minimum absolute atomic E-state index is 0.121. The van der Waals surface area contributed by atoms with Crippen molar-refractivity contribution in [1.82, 2.24) is 0 Å². The lowest BCUT2D eigenvalue weighted by molar-refractivity contribution is 0.185. The van der Waals surface area contributed by atoms with Gasteiger partial charge in [0.1, 0.15) is 6.17 Å². The van der Waals surface area contributed by atoms with Gasteiger partial charge < -0.3 is 5.73 Å². The number of hydrogen-bond acceptors (Lipinski definition) is 1. The standard InChI is InChI=1S/C13H18Cl2FN/c1-8(2)10(7-17)13(16)6-9-3-4-11(14)12(15)5-9/h3-5,8,10,13H,6-7,17H2,1-2H3. The molecule has 0 aliphatic carbocycles. The molecule has 2 unspecified atom stereocenters. The van der Waals surface area contributed by atoms with Gasteiger partial charge in [0.15, 0.2) is 0 Å². The molecule has 0 fully saturated rings. The fourth-order valence-corrected chi connectivity index (χ4v) is 2.20. The highest BCUT2D eigenvalue weighted by Crippen LogP contribution is 2.26. The average molecular weight is 278 g/mol. The van der Waals surface area contributed by atoms with Gasteiger partial charge in [0.05, 0.1) is 10.0 Å². The molecular weight excluding hydrogens is 260 g/mol. The van der Waals surface area contributed by atoms with Crippen molar-refractivity contribution in [2.45, 2.75) is 26.4 Å². The van der Waals surface area contributed by atoms with Gasteiger partial charge >= 0.3 is 0 Å². The molecule has 0 aromatic heterocycles. The molecule has 96 valence electrons. The predicted octanol–water partition coefficient (Wildman–Crippen LogP) is 4.10. The molecule has 0 spiro atoms. The van der Waals surface area contributed by atoms with Gasteiger partial charge in [-0.25, -0.2) is 4.39 Å². The van der Waals surface area contributed by atoms with E-state index in [-0.39, 0.29) is 11.8 Å². The minimum atomic E-state index is -0.947. The molecule has 4 heteroatoms. The van der Waals surface area contributed by atoms with Crippen LogP contribution >= 0.6 is 23.2 Å². The summed E-state index contributed by atoms with van der Waals surface area (Å²) in [5.74, 6) is 0.113. The Morgan fingerprint density at radius 2 is 1.88 bits per heavy atom. The fraction of sp³-hybridized carbons (Fsp3) is 0.538. The Morgan fingerprint density at radius 1 is 1.24 bits per heavy atom. The Balaban J connectivity index is 2.73. The summed E-state index contributed by atoms with van der Waals surface area (Å²) in [6.07, 6.45) is -0.617. The number of halogens is 3. The van der Waals surface area contributed by atoms with E-state index in [0.29, 0.717) is 23.0 Å². The molecule has 17 heavy (non-hydrogen) atoms. The molecule has 1 aromatic carbocycles. The normalized spacial score (nSPS) is 15.0. The van der Waals surface area contributed by atoms with Gasteiger partial charge in [0, 0.05) is 12.3 Å². The fourth-order valence-electron chi connectivity index (χ4n) is 1.88. The van der Waals surface area contributed by atoms with Crippen molar-refractivity contribution in [1.29, 1.82) is 0 Å². The smallest absolute Gasteiger partial charge is 0.108 e. The van der Waals surface area contributed by atoms with Crippen LogP contribution in [0.25, 0.3) is 0 Å². The maximum Gasteiger partial charge on any atom is 0.108 e. The largest absolute Gasteiger partial charge is 0.330 e. The topological polar surface area (TPSA) is 26.0 Å². The average Bonchev–Trinajstić information content (AvgIpc) is 2.24. The Hall–Kier alpha value is -0.310. The first-order valence-electron chi connectivity index (χ1n) is 5.73. The lowest BCUT2D eigenvalue weighted by Crippen LogP contribution is -2.30. The number of nitrogens with two attached hydrogens (primary N) is 1. The van der Waals surface area contributed by atoms with Crippen molar-refractivity contribution in [2.75, 3.05) is 6.54 Å². The van der Waals surface area contributed by atoms with E-state index in [9.17, 15) is 4.39 Å². The van der Waals surface area contributed by atoms with Gasteiger partial charge in [-0.05, 0) is 30.2 Å². The first-order chi connectivity index (χ1) is 7.95. The predicted molar refractivity (Wildman–Crippen MR) is 72.4 cm³/mol. The molecule has 0 saturated heterocycles. The summed E-state index contributed by atoms with van der Waals surface area (Å²) in [6.45, 7) is 4.33. The van der Waals surface area contributed by atoms with Gasteiger partial charge in [-0.1, -0.05) is 43.1 Å². The Labute approximate surface area is 112 Å². The zero-order valence-electron chi connectivity index (χ0n) is 10.1.